The average molecular weight is 398 g/mol. The van der Waals surface area contributed by atoms with Gasteiger partial charge >= 0.3 is 0 Å². The normalized spacial score (nSPS) is 13.5. The molecule has 2 aromatic rings. The second-order valence-electron chi connectivity index (χ2n) is 5.79. The van der Waals surface area contributed by atoms with Crippen molar-refractivity contribution in [1.82, 2.24) is 4.31 Å². The van der Waals surface area contributed by atoms with Gasteiger partial charge in [0, 0.05) is 31.5 Å². The van der Waals surface area contributed by atoms with Crippen LogP contribution in [0.2, 0.25) is 0 Å². The summed E-state index contributed by atoms with van der Waals surface area (Å²) < 4.78 is 49.6. The Morgan fingerprint density at radius 3 is 1.81 bits per heavy atom. The van der Waals surface area contributed by atoms with E-state index in [1.165, 1.54) is 31.3 Å². The zero-order valence-electron chi connectivity index (χ0n) is 14.4. The lowest BCUT2D eigenvalue weighted by atomic mass is 10.1. The highest BCUT2D eigenvalue weighted by molar-refractivity contribution is 7.90. The number of sulfone groups is 1. The summed E-state index contributed by atoms with van der Waals surface area (Å²) in [6.07, 6.45) is 1.09. The van der Waals surface area contributed by atoms with Gasteiger partial charge in [0.1, 0.15) is 0 Å². The minimum absolute atomic E-state index is 0.0646. The Kier molecular flexibility index (Phi) is 5.49. The Bertz CT molecular complexity index is 1010. The predicted molar refractivity (Wildman–Crippen MR) is 96.0 cm³/mol. The van der Waals surface area contributed by atoms with E-state index in [4.69, 9.17) is 0 Å². The molecular weight excluding hydrogens is 380 g/mol. The van der Waals surface area contributed by atoms with E-state index >= 15 is 0 Å². The summed E-state index contributed by atoms with van der Waals surface area (Å²) in [5, 5.41) is 10.7. The number of nitro benzene ring substituents is 1. The van der Waals surface area contributed by atoms with Crippen LogP contribution in [0.25, 0.3) is 0 Å². The first-order valence-electron chi connectivity index (χ1n) is 7.47. The summed E-state index contributed by atoms with van der Waals surface area (Å²) in [5.74, 6) is 0. The number of nitrogens with zero attached hydrogens (tertiary/aromatic N) is 2. The molecule has 0 aliphatic rings. The first kappa shape index (κ1) is 20.0. The van der Waals surface area contributed by atoms with Gasteiger partial charge in [0.15, 0.2) is 9.84 Å². The van der Waals surface area contributed by atoms with E-state index in [0.29, 0.717) is 5.56 Å². The van der Waals surface area contributed by atoms with Gasteiger partial charge in [-0.05, 0) is 36.8 Å². The van der Waals surface area contributed by atoms with E-state index in [1.807, 2.05) is 0 Å². The van der Waals surface area contributed by atoms with Gasteiger partial charge in [-0.15, -0.1) is 0 Å². The Morgan fingerprint density at radius 2 is 1.38 bits per heavy atom. The SMILES string of the molecule is C[C@H](c1ccc(S(C)(=O)=O)cc1)N(C)S(=O)(=O)c1ccc([N+](=O)[O-])cc1. The fourth-order valence-electron chi connectivity index (χ4n) is 2.32. The van der Waals surface area contributed by atoms with E-state index in [2.05, 4.69) is 0 Å². The van der Waals surface area contributed by atoms with Gasteiger partial charge in [-0.3, -0.25) is 10.1 Å². The molecule has 0 saturated carbocycles. The summed E-state index contributed by atoms with van der Waals surface area (Å²) >= 11 is 0. The monoisotopic (exact) mass is 398 g/mol. The highest BCUT2D eigenvalue weighted by atomic mass is 32.2. The molecule has 0 N–H and O–H groups in total. The van der Waals surface area contributed by atoms with Gasteiger partial charge in [0.25, 0.3) is 5.69 Å². The number of hydrogen-bond acceptors (Lipinski definition) is 6. The molecule has 0 aromatic heterocycles. The third-order valence-corrected chi connectivity index (χ3v) is 7.13. The summed E-state index contributed by atoms with van der Waals surface area (Å²) in [4.78, 5) is 10.2. The molecule has 2 rings (SSSR count). The molecule has 10 heteroatoms. The molecule has 0 aliphatic carbocycles. The van der Waals surface area contributed by atoms with E-state index in [1.54, 1.807) is 19.1 Å². The van der Waals surface area contributed by atoms with Crippen LogP contribution in [0, 0.1) is 10.1 Å². The maximum atomic E-state index is 12.7. The van der Waals surface area contributed by atoms with Crippen LogP contribution in [0.5, 0.6) is 0 Å². The number of hydrogen-bond donors (Lipinski definition) is 0. The van der Waals surface area contributed by atoms with Crippen molar-refractivity contribution in [1.29, 1.82) is 0 Å². The van der Waals surface area contributed by atoms with Gasteiger partial charge in [-0.1, -0.05) is 12.1 Å². The zero-order chi connectivity index (χ0) is 19.7. The van der Waals surface area contributed by atoms with Crippen LogP contribution in [0.15, 0.2) is 58.3 Å². The van der Waals surface area contributed by atoms with Crippen LogP contribution in [-0.2, 0) is 19.9 Å². The first-order valence-corrected chi connectivity index (χ1v) is 10.8. The van der Waals surface area contributed by atoms with Crippen molar-refractivity contribution in [2.24, 2.45) is 0 Å². The maximum Gasteiger partial charge on any atom is 0.269 e. The second-order valence-corrected chi connectivity index (χ2v) is 9.80. The van der Waals surface area contributed by atoms with Crippen molar-refractivity contribution in [3.05, 3.63) is 64.2 Å². The molecule has 0 saturated heterocycles. The summed E-state index contributed by atoms with van der Waals surface area (Å²) in [6, 6.07) is 10.0. The van der Waals surface area contributed by atoms with Gasteiger partial charge < -0.3 is 0 Å². The molecule has 8 nitrogen and oxygen atoms in total. The van der Waals surface area contributed by atoms with Crippen molar-refractivity contribution >= 4 is 25.5 Å². The molecule has 1 atom stereocenters. The molecule has 0 fully saturated rings. The molecule has 0 spiro atoms. The highest BCUT2D eigenvalue weighted by Gasteiger charge is 2.27. The van der Waals surface area contributed by atoms with Crippen LogP contribution in [0.4, 0.5) is 5.69 Å². The molecule has 0 amide bonds. The Labute approximate surface area is 152 Å². The van der Waals surface area contributed by atoms with Gasteiger partial charge in [-0.25, -0.2) is 16.8 Å². The van der Waals surface area contributed by atoms with Crippen molar-refractivity contribution in [3.8, 4) is 0 Å². The third kappa shape index (κ3) is 4.09. The number of sulfonamides is 1. The fourth-order valence-corrected chi connectivity index (χ4v) is 4.30. The number of benzene rings is 2. The summed E-state index contributed by atoms with van der Waals surface area (Å²) in [6.45, 7) is 1.67. The van der Waals surface area contributed by atoms with Crippen LogP contribution in [-0.4, -0.2) is 39.4 Å². The van der Waals surface area contributed by atoms with Gasteiger partial charge in [0.2, 0.25) is 10.0 Å². The van der Waals surface area contributed by atoms with Crippen LogP contribution in [0.3, 0.4) is 0 Å². The van der Waals surface area contributed by atoms with E-state index in [9.17, 15) is 26.9 Å². The topological polar surface area (TPSA) is 115 Å². The lowest BCUT2D eigenvalue weighted by Crippen LogP contribution is -2.29. The molecule has 2 aromatic carbocycles. The van der Waals surface area contributed by atoms with Crippen molar-refractivity contribution in [2.75, 3.05) is 13.3 Å². The minimum Gasteiger partial charge on any atom is -0.258 e. The number of rotatable bonds is 6. The molecule has 0 bridgehead atoms. The first-order chi connectivity index (χ1) is 11.9. The molecule has 0 aliphatic heterocycles. The van der Waals surface area contributed by atoms with Crippen molar-refractivity contribution in [3.63, 3.8) is 0 Å². The minimum atomic E-state index is -3.87. The van der Waals surface area contributed by atoms with Crippen LogP contribution >= 0.6 is 0 Å². The number of non-ortho nitro benzene ring substituents is 1. The predicted octanol–water partition coefficient (Wildman–Crippen LogP) is 2.38. The van der Waals surface area contributed by atoms with Gasteiger partial charge in [-0.2, -0.15) is 4.31 Å². The number of nitro groups is 1. The highest BCUT2D eigenvalue weighted by Crippen LogP contribution is 2.27. The zero-order valence-corrected chi connectivity index (χ0v) is 16.0. The molecular formula is C16H18N2O6S2. The lowest BCUT2D eigenvalue weighted by molar-refractivity contribution is -0.384. The summed E-state index contributed by atoms with van der Waals surface area (Å²) in [7, 11) is -5.82. The molecule has 0 heterocycles. The largest absolute Gasteiger partial charge is 0.269 e. The second kappa shape index (κ2) is 7.14. The van der Waals surface area contributed by atoms with Crippen LogP contribution < -0.4 is 0 Å². The maximum absolute atomic E-state index is 12.7. The van der Waals surface area contributed by atoms with E-state index in [0.717, 1.165) is 22.7 Å². The molecule has 140 valence electrons. The smallest absolute Gasteiger partial charge is 0.258 e. The molecule has 0 unspecified atom stereocenters. The molecule has 26 heavy (non-hydrogen) atoms. The van der Waals surface area contributed by atoms with E-state index in [-0.39, 0.29) is 15.5 Å². The lowest BCUT2D eigenvalue weighted by Gasteiger charge is -2.24. The Balaban J connectivity index is 2.30. The quantitative estimate of drug-likeness (QED) is 0.545. The standard InChI is InChI=1S/C16H18N2O6S2/c1-12(13-4-8-15(9-5-13)25(3,21)22)17(2)26(23,24)16-10-6-14(7-11-16)18(19)20/h4-12H,1-3H3/t12-/m1/s1. The summed E-state index contributed by atoms with van der Waals surface area (Å²) in [5.41, 5.74) is 0.418. The van der Waals surface area contributed by atoms with Crippen LogP contribution in [0.1, 0.15) is 18.5 Å². The average Bonchev–Trinajstić information content (AvgIpc) is 2.59. The van der Waals surface area contributed by atoms with Gasteiger partial charge in [0.05, 0.1) is 14.7 Å². The third-order valence-electron chi connectivity index (χ3n) is 4.06. The molecule has 0 radical (unpaired) electrons. The Morgan fingerprint density at radius 1 is 0.923 bits per heavy atom. The fraction of sp³-hybridized carbons (Fsp3) is 0.250. The Hall–Kier alpha value is -2.30. The van der Waals surface area contributed by atoms with E-state index < -0.39 is 30.8 Å². The van der Waals surface area contributed by atoms with Crippen molar-refractivity contribution < 1.29 is 21.8 Å². The van der Waals surface area contributed by atoms with Crippen molar-refractivity contribution in [2.45, 2.75) is 22.8 Å².